The van der Waals surface area contributed by atoms with Gasteiger partial charge in [-0.2, -0.15) is 0 Å². The second-order valence-corrected chi connectivity index (χ2v) is 3.47. The van der Waals surface area contributed by atoms with E-state index >= 15 is 0 Å². The first kappa shape index (κ1) is 13.6. The van der Waals surface area contributed by atoms with Crippen LogP contribution in [0.4, 0.5) is 11.4 Å². The Morgan fingerprint density at radius 3 is 2.83 bits per heavy atom. The van der Waals surface area contributed by atoms with Gasteiger partial charge in [-0.25, -0.2) is 5.01 Å². The normalized spacial score (nSPS) is 10.3. The van der Waals surface area contributed by atoms with Gasteiger partial charge < -0.3 is 4.74 Å². The number of carbonyl (C=O) groups excluding carboxylic acids is 1. The van der Waals surface area contributed by atoms with Crippen LogP contribution >= 0.6 is 0 Å². The molecule has 0 saturated carbocycles. The monoisotopic (exact) mass is 252 g/mol. The van der Waals surface area contributed by atoms with Gasteiger partial charge in [-0.1, -0.05) is 5.22 Å². The summed E-state index contributed by atoms with van der Waals surface area (Å²) in [4.78, 5) is 20.0. The maximum atomic E-state index is 10.5. The molecule has 0 unspecified atom stereocenters. The first-order chi connectivity index (χ1) is 8.54. The predicted octanol–water partition coefficient (Wildman–Crippen LogP) is 1.96. The third kappa shape index (κ3) is 3.81. The molecule has 0 atom stereocenters. The minimum Gasteiger partial charge on any atom is -0.445 e. The van der Waals surface area contributed by atoms with Gasteiger partial charge >= 0.3 is 0 Å². The van der Waals surface area contributed by atoms with E-state index < -0.39 is 4.92 Å². The number of nitro groups is 1. The lowest BCUT2D eigenvalue weighted by molar-refractivity contribution is -0.384. The van der Waals surface area contributed by atoms with Crippen molar-refractivity contribution in [3.05, 3.63) is 33.9 Å². The molecule has 0 heterocycles. The number of carbonyl (C=O) groups is 1. The topological polar surface area (TPSA) is 97.4 Å². The molecule has 96 valence electrons. The van der Waals surface area contributed by atoms with Crippen molar-refractivity contribution in [2.45, 2.75) is 6.92 Å². The predicted molar refractivity (Wildman–Crippen MR) is 62.1 cm³/mol. The maximum Gasteiger partial charge on any atom is 0.294 e. The smallest absolute Gasteiger partial charge is 0.294 e. The van der Waals surface area contributed by atoms with Crippen molar-refractivity contribution < 1.29 is 14.5 Å². The van der Waals surface area contributed by atoms with Crippen LogP contribution in [0.25, 0.3) is 0 Å². The van der Waals surface area contributed by atoms with E-state index in [1.54, 1.807) is 14.0 Å². The van der Waals surface area contributed by atoms with Gasteiger partial charge in [0.1, 0.15) is 0 Å². The van der Waals surface area contributed by atoms with E-state index in [0.717, 1.165) is 0 Å². The van der Waals surface area contributed by atoms with Gasteiger partial charge in [-0.15, -0.1) is 5.11 Å². The van der Waals surface area contributed by atoms with E-state index in [0.29, 0.717) is 17.7 Å². The number of nitrogens with zero attached hydrogens (tertiary/aromatic N) is 4. The van der Waals surface area contributed by atoms with Crippen LogP contribution in [0.3, 0.4) is 0 Å². The molecule has 18 heavy (non-hydrogen) atoms. The Balaban J connectivity index is 2.76. The van der Waals surface area contributed by atoms with Gasteiger partial charge in [-0.3, -0.25) is 14.9 Å². The molecule has 8 heteroatoms. The Morgan fingerprint density at radius 1 is 1.56 bits per heavy atom. The van der Waals surface area contributed by atoms with Crippen LogP contribution in [0.1, 0.15) is 5.56 Å². The molecular weight excluding hydrogens is 240 g/mol. The van der Waals surface area contributed by atoms with Crippen LogP contribution in [0, 0.1) is 17.0 Å². The molecule has 8 nitrogen and oxygen atoms in total. The number of ether oxygens (including phenoxy) is 1. The zero-order valence-electron chi connectivity index (χ0n) is 9.94. The van der Waals surface area contributed by atoms with Crippen LogP contribution in [0.5, 0.6) is 0 Å². The van der Waals surface area contributed by atoms with Crippen LogP contribution in [0.2, 0.25) is 0 Å². The molecule has 0 saturated heterocycles. The Kier molecular flexibility index (Phi) is 4.73. The molecule has 0 aliphatic rings. The molecule has 0 aliphatic carbocycles. The molecule has 0 fully saturated rings. The maximum absolute atomic E-state index is 10.5. The summed E-state index contributed by atoms with van der Waals surface area (Å²) in [5, 5.41) is 19.5. The minimum atomic E-state index is -0.474. The largest absolute Gasteiger partial charge is 0.445 e. The highest BCUT2D eigenvalue weighted by molar-refractivity contribution is 5.50. The second-order valence-electron chi connectivity index (χ2n) is 3.47. The van der Waals surface area contributed by atoms with Gasteiger partial charge in [0.2, 0.25) is 0 Å². The summed E-state index contributed by atoms with van der Waals surface area (Å²) in [5.74, 6) is 0. The number of aryl methyl sites for hydroxylation is 1. The summed E-state index contributed by atoms with van der Waals surface area (Å²) in [7, 11) is 1.58. The van der Waals surface area contributed by atoms with Crippen LogP contribution < -0.4 is 0 Å². The van der Waals surface area contributed by atoms with E-state index in [9.17, 15) is 14.9 Å². The highest BCUT2D eigenvalue weighted by Crippen LogP contribution is 2.23. The molecule has 0 amide bonds. The average molecular weight is 252 g/mol. The first-order valence-electron chi connectivity index (χ1n) is 4.97. The molecule has 0 aromatic heterocycles. The fourth-order valence-electron chi connectivity index (χ4n) is 1.15. The average Bonchev–Trinajstić information content (AvgIpc) is 2.34. The number of hydrogen-bond donors (Lipinski definition) is 0. The Hall–Kier alpha value is -2.51. The number of rotatable bonds is 6. The molecule has 0 N–H and O–H groups in total. The van der Waals surface area contributed by atoms with E-state index in [2.05, 4.69) is 15.1 Å². The fourth-order valence-corrected chi connectivity index (χ4v) is 1.15. The van der Waals surface area contributed by atoms with Gasteiger partial charge in [0.15, 0.2) is 6.73 Å². The SMILES string of the molecule is Cc1cc([N+](=O)[O-])ccc1N=NN(C)COC=O. The molecule has 0 aliphatic heterocycles. The number of nitro benzene ring substituents is 1. The van der Waals surface area contributed by atoms with Crippen molar-refractivity contribution >= 4 is 17.8 Å². The lowest BCUT2D eigenvalue weighted by Crippen LogP contribution is -2.13. The highest BCUT2D eigenvalue weighted by Gasteiger charge is 2.07. The zero-order chi connectivity index (χ0) is 13.5. The highest BCUT2D eigenvalue weighted by atomic mass is 16.6. The van der Waals surface area contributed by atoms with E-state index in [4.69, 9.17) is 0 Å². The summed E-state index contributed by atoms with van der Waals surface area (Å²) < 4.78 is 4.47. The summed E-state index contributed by atoms with van der Waals surface area (Å²) >= 11 is 0. The van der Waals surface area contributed by atoms with E-state index in [1.807, 2.05) is 0 Å². The first-order valence-corrected chi connectivity index (χ1v) is 4.97. The van der Waals surface area contributed by atoms with Crippen molar-refractivity contribution in [3.8, 4) is 0 Å². The van der Waals surface area contributed by atoms with Crippen LogP contribution in [-0.2, 0) is 9.53 Å². The van der Waals surface area contributed by atoms with Crippen molar-refractivity contribution in [2.24, 2.45) is 10.3 Å². The van der Waals surface area contributed by atoms with Crippen LogP contribution in [-0.4, -0.2) is 30.2 Å². The minimum absolute atomic E-state index is 0.00379. The number of non-ortho nitro benzene ring substituents is 1. The van der Waals surface area contributed by atoms with Gasteiger partial charge in [0, 0.05) is 19.2 Å². The number of benzene rings is 1. The summed E-state index contributed by atoms with van der Waals surface area (Å²) in [6.07, 6.45) is 0. The quantitative estimate of drug-likeness (QED) is 0.253. The second kappa shape index (κ2) is 6.28. The van der Waals surface area contributed by atoms with Crippen LogP contribution in [0.15, 0.2) is 28.5 Å². The third-order valence-electron chi connectivity index (χ3n) is 2.03. The molecule has 0 bridgehead atoms. The molecule has 0 spiro atoms. The van der Waals surface area contributed by atoms with Gasteiger partial charge in [0.25, 0.3) is 12.2 Å². The Morgan fingerprint density at radius 2 is 2.28 bits per heavy atom. The van der Waals surface area contributed by atoms with Crippen molar-refractivity contribution in [1.29, 1.82) is 0 Å². The fraction of sp³-hybridized carbons (Fsp3) is 0.300. The van der Waals surface area contributed by atoms with Crippen molar-refractivity contribution in [2.75, 3.05) is 13.8 Å². The lowest BCUT2D eigenvalue weighted by atomic mass is 10.2. The van der Waals surface area contributed by atoms with Gasteiger partial charge in [0.05, 0.1) is 10.6 Å². The molecule has 1 rings (SSSR count). The van der Waals surface area contributed by atoms with Gasteiger partial charge in [-0.05, 0) is 18.6 Å². The zero-order valence-corrected chi connectivity index (χ0v) is 9.94. The summed E-state index contributed by atoms with van der Waals surface area (Å²) in [5.41, 5.74) is 1.15. The van der Waals surface area contributed by atoms with E-state index in [1.165, 1.54) is 23.2 Å². The molecule has 1 aromatic carbocycles. The summed E-state index contributed by atoms with van der Waals surface area (Å²) in [6, 6.07) is 4.27. The Bertz CT molecular complexity index is 475. The van der Waals surface area contributed by atoms with Crippen molar-refractivity contribution in [1.82, 2.24) is 5.01 Å². The van der Waals surface area contributed by atoms with Crippen molar-refractivity contribution in [3.63, 3.8) is 0 Å². The summed E-state index contributed by atoms with van der Waals surface area (Å²) in [6.45, 7) is 1.99. The lowest BCUT2D eigenvalue weighted by Gasteiger charge is -2.08. The molecule has 1 aromatic rings. The Labute approximate surface area is 103 Å². The third-order valence-corrected chi connectivity index (χ3v) is 2.03. The number of hydrogen-bond acceptors (Lipinski definition) is 6. The standard InChI is InChI=1S/C10H12N4O4/c1-8-5-9(14(16)17)3-4-10(8)11-12-13(2)6-18-7-15/h3-5,7H,6H2,1-2H3. The molecule has 0 radical (unpaired) electrons. The molecular formula is C10H12N4O4. The van der Waals surface area contributed by atoms with E-state index in [-0.39, 0.29) is 12.4 Å².